The van der Waals surface area contributed by atoms with Crippen LogP contribution in [0.1, 0.15) is 17.8 Å². The summed E-state index contributed by atoms with van der Waals surface area (Å²) in [5.74, 6) is -3.12. The lowest BCUT2D eigenvalue weighted by Gasteiger charge is -2.32. The van der Waals surface area contributed by atoms with Gasteiger partial charge in [-0.1, -0.05) is 12.1 Å². The number of hydrogen-bond acceptors (Lipinski definition) is 3. The van der Waals surface area contributed by atoms with Gasteiger partial charge in [-0.15, -0.1) is 11.3 Å². The van der Waals surface area contributed by atoms with Crippen LogP contribution in [-0.2, 0) is 6.42 Å². The molecule has 134 valence electrons. The van der Waals surface area contributed by atoms with Gasteiger partial charge in [0.25, 0.3) is 5.92 Å². The molecule has 2 aromatic rings. The predicted molar refractivity (Wildman–Crippen MR) is 90.4 cm³/mol. The molecule has 2 heterocycles. The van der Waals surface area contributed by atoms with Crippen LogP contribution in [0.5, 0.6) is 0 Å². The Labute approximate surface area is 147 Å². The second-order valence-electron chi connectivity index (χ2n) is 6.00. The van der Waals surface area contributed by atoms with Gasteiger partial charge in [0.1, 0.15) is 5.82 Å². The second-order valence-corrected chi connectivity index (χ2v) is 6.94. The molecule has 0 bridgehead atoms. The summed E-state index contributed by atoms with van der Waals surface area (Å²) < 4.78 is 39.9. The van der Waals surface area contributed by atoms with Crippen molar-refractivity contribution in [3.63, 3.8) is 0 Å². The molecule has 1 aromatic heterocycles. The van der Waals surface area contributed by atoms with Crippen LogP contribution in [0.4, 0.5) is 18.0 Å². The third-order valence-corrected chi connectivity index (χ3v) is 4.88. The number of hydrogen-bond donors (Lipinski definition) is 1. The first kappa shape index (κ1) is 17.7. The van der Waals surface area contributed by atoms with Gasteiger partial charge in [-0.05, 0) is 18.6 Å². The molecule has 0 radical (unpaired) electrons. The Kier molecular flexibility index (Phi) is 5.27. The Morgan fingerprint density at radius 2 is 2.24 bits per heavy atom. The van der Waals surface area contributed by atoms with Crippen molar-refractivity contribution in [2.24, 2.45) is 0 Å². The average molecular weight is 369 g/mol. The molecule has 0 unspecified atom stereocenters. The summed E-state index contributed by atoms with van der Waals surface area (Å²) in [5, 5.41) is 5.28. The van der Waals surface area contributed by atoms with Gasteiger partial charge in [0.2, 0.25) is 0 Å². The van der Waals surface area contributed by atoms with Gasteiger partial charge >= 0.3 is 6.03 Å². The highest BCUT2D eigenvalue weighted by atomic mass is 32.1. The molecule has 1 saturated heterocycles. The highest BCUT2D eigenvalue weighted by Gasteiger charge is 2.36. The number of benzene rings is 1. The fourth-order valence-corrected chi connectivity index (χ4v) is 3.54. The van der Waals surface area contributed by atoms with Crippen molar-refractivity contribution in [1.29, 1.82) is 0 Å². The third kappa shape index (κ3) is 4.72. The number of amides is 2. The largest absolute Gasteiger partial charge is 0.338 e. The molecule has 2 amide bonds. The molecular weight excluding hydrogens is 351 g/mol. The second kappa shape index (κ2) is 7.43. The Hall–Kier alpha value is -2.09. The number of nitrogens with zero attached hydrogens (tertiary/aromatic N) is 2. The zero-order valence-electron chi connectivity index (χ0n) is 13.5. The van der Waals surface area contributed by atoms with Crippen LogP contribution in [0.3, 0.4) is 0 Å². The van der Waals surface area contributed by atoms with Crippen LogP contribution < -0.4 is 5.32 Å². The number of alkyl halides is 2. The zero-order chi connectivity index (χ0) is 17.9. The fraction of sp³-hybridized carbons (Fsp3) is 0.412. The molecule has 1 aromatic carbocycles. The molecule has 25 heavy (non-hydrogen) atoms. The van der Waals surface area contributed by atoms with E-state index in [0.29, 0.717) is 37.2 Å². The topological polar surface area (TPSA) is 45.2 Å². The van der Waals surface area contributed by atoms with E-state index in [1.807, 2.05) is 5.38 Å². The lowest BCUT2D eigenvalue weighted by atomic mass is 10.1. The fourth-order valence-electron chi connectivity index (χ4n) is 2.73. The van der Waals surface area contributed by atoms with Crippen molar-refractivity contribution >= 4 is 17.4 Å². The third-order valence-electron chi connectivity index (χ3n) is 3.97. The molecule has 1 aliphatic rings. The van der Waals surface area contributed by atoms with E-state index in [1.54, 1.807) is 12.1 Å². The first-order valence-corrected chi connectivity index (χ1v) is 8.92. The summed E-state index contributed by atoms with van der Waals surface area (Å²) in [6, 6.07) is 5.72. The number of thiazole rings is 1. The normalized spacial score (nSPS) is 16.7. The predicted octanol–water partition coefficient (Wildman–Crippen LogP) is 3.93. The minimum Gasteiger partial charge on any atom is -0.338 e. The lowest BCUT2D eigenvalue weighted by molar-refractivity contribution is -0.0523. The first-order chi connectivity index (χ1) is 11.9. The molecule has 1 N–H and O–H groups in total. The number of likely N-dealkylation sites (tertiary alicyclic amines) is 1. The molecule has 0 aliphatic carbocycles. The van der Waals surface area contributed by atoms with Crippen molar-refractivity contribution < 1.29 is 18.0 Å². The van der Waals surface area contributed by atoms with Gasteiger partial charge < -0.3 is 10.2 Å². The molecule has 8 heteroatoms. The number of piperidine rings is 1. The molecule has 3 rings (SSSR count). The number of nitrogens with one attached hydrogen (secondary N) is 1. The number of aromatic nitrogens is 1. The first-order valence-electron chi connectivity index (χ1n) is 8.04. The van der Waals surface area contributed by atoms with Crippen LogP contribution >= 0.6 is 11.3 Å². The maximum Gasteiger partial charge on any atom is 0.317 e. The van der Waals surface area contributed by atoms with Crippen molar-refractivity contribution in [2.45, 2.75) is 25.2 Å². The average Bonchev–Trinajstić information content (AvgIpc) is 3.03. The van der Waals surface area contributed by atoms with E-state index < -0.39 is 18.5 Å². The SMILES string of the molecule is O=C(NCCc1nc(-c2cccc(F)c2)cs1)N1CCCC(F)(F)C1. The number of carbonyl (C=O) groups is 1. The smallest absolute Gasteiger partial charge is 0.317 e. The number of urea groups is 1. The van der Waals surface area contributed by atoms with E-state index in [-0.39, 0.29) is 12.2 Å². The summed E-state index contributed by atoms with van der Waals surface area (Å²) >= 11 is 1.42. The van der Waals surface area contributed by atoms with Crippen LogP contribution in [-0.4, -0.2) is 41.5 Å². The number of halogens is 3. The molecule has 0 atom stereocenters. The Morgan fingerprint density at radius 1 is 1.40 bits per heavy atom. The van der Waals surface area contributed by atoms with Crippen molar-refractivity contribution in [2.75, 3.05) is 19.6 Å². The minimum absolute atomic E-state index is 0.168. The van der Waals surface area contributed by atoms with Crippen LogP contribution in [0.2, 0.25) is 0 Å². The van der Waals surface area contributed by atoms with Gasteiger partial charge in [0.05, 0.1) is 17.2 Å². The summed E-state index contributed by atoms with van der Waals surface area (Å²) in [7, 11) is 0. The van der Waals surface area contributed by atoms with Crippen LogP contribution in [0, 0.1) is 5.82 Å². The Bertz CT molecular complexity index is 750. The molecule has 1 fully saturated rings. The summed E-state index contributed by atoms with van der Waals surface area (Å²) in [6.07, 6.45) is 0.638. The van der Waals surface area contributed by atoms with Gasteiger partial charge in [0, 0.05) is 36.9 Å². The summed E-state index contributed by atoms with van der Waals surface area (Å²) in [6.45, 7) is 0.138. The van der Waals surface area contributed by atoms with Gasteiger partial charge in [-0.25, -0.2) is 22.9 Å². The van der Waals surface area contributed by atoms with Crippen molar-refractivity contribution in [3.8, 4) is 11.3 Å². The van der Waals surface area contributed by atoms with Gasteiger partial charge in [-0.3, -0.25) is 0 Å². The maximum atomic E-state index is 13.3. The highest BCUT2D eigenvalue weighted by Crippen LogP contribution is 2.26. The quantitative estimate of drug-likeness (QED) is 0.888. The van der Waals surface area contributed by atoms with Gasteiger partial charge in [0.15, 0.2) is 0 Å². The highest BCUT2D eigenvalue weighted by molar-refractivity contribution is 7.09. The summed E-state index contributed by atoms with van der Waals surface area (Å²) in [5.41, 5.74) is 1.38. The Balaban J connectivity index is 1.50. The monoisotopic (exact) mass is 369 g/mol. The molecule has 4 nitrogen and oxygen atoms in total. The van der Waals surface area contributed by atoms with E-state index in [1.165, 1.54) is 23.5 Å². The van der Waals surface area contributed by atoms with E-state index in [0.717, 1.165) is 9.91 Å². The standard InChI is InChI=1S/C17H18F3N3OS/c18-13-4-1-3-12(9-13)14-10-25-15(22-14)5-7-21-16(24)23-8-2-6-17(19,20)11-23/h1,3-4,9-10H,2,5-8,11H2,(H,21,24). The molecular formula is C17H18F3N3OS. The molecule has 1 aliphatic heterocycles. The maximum absolute atomic E-state index is 13.3. The van der Waals surface area contributed by atoms with Crippen LogP contribution in [0.25, 0.3) is 11.3 Å². The van der Waals surface area contributed by atoms with E-state index >= 15 is 0 Å². The zero-order valence-corrected chi connectivity index (χ0v) is 14.3. The summed E-state index contributed by atoms with van der Waals surface area (Å²) in [4.78, 5) is 17.5. The number of rotatable bonds is 4. The Morgan fingerprint density at radius 3 is 3.00 bits per heavy atom. The van der Waals surface area contributed by atoms with E-state index in [2.05, 4.69) is 10.3 Å². The minimum atomic E-state index is -2.80. The van der Waals surface area contributed by atoms with E-state index in [4.69, 9.17) is 0 Å². The molecule has 0 spiro atoms. The molecule has 0 saturated carbocycles. The van der Waals surface area contributed by atoms with Crippen LogP contribution in [0.15, 0.2) is 29.6 Å². The van der Waals surface area contributed by atoms with Crippen molar-refractivity contribution in [1.82, 2.24) is 15.2 Å². The van der Waals surface area contributed by atoms with E-state index in [9.17, 15) is 18.0 Å². The number of carbonyl (C=O) groups excluding carboxylic acids is 1. The lowest BCUT2D eigenvalue weighted by Crippen LogP contribution is -2.49. The van der Waals surface area contributed by atoms with Crippen molar-refractivity contribution in [3.05, 3.63) is 40.5 Å². The van der Waals surface area contributed by atoms with Gasteiger partial charge in [-0.2, -0.15) is 0 Å².